The Kier molecular flexibility index (Phi) is 5.94. The van der Waals surface area contributed by atoms with Gasteiger partial charge in [-0.1, -0.05) is 27.7 Å². The number of anilines is 1. The zero-order chi connectivity index (χ0) is 15.4. The Balaban J connectivity index is 2.25. The van der Waals surface area contributed by atoms with Crippen molar-refractivity contribution in [2.24, 2.45) is 11.8 Å². The van der Waals surface area contributed by atoms with Crippen molar-refractivity contribution in [3.8, 4) is 0 Å². The minimum Gasteiger partial charge on any atom is -0.355 e. The summed E-state index contributed by atoms with van der Waals surface area (Å²) in [7, 11) is 0. The molecular weight excluding hydrogens is 302 g/mol. The number of halogens is 1. The first-order chi connectivity index (χ1) is 10.0. The van der Waals surface area contributed by atoms with Gasteiger partial charge in [0.2, 0.25) is 0 Å². The van der Waals surface area contributed by atoms with Crippen LogP contribution in [0.25, 0.3) is 4.96 Å². The van der Waals surface area contributed by atoms with E-state index >= 15 is 0 Å². The van der Waals surface area contributed by atoms with Gasteiger partial charge >= 0.3 is 0 Å². The van der Waals surface area contributed by atoms with E-state index in [4.69, 9.17) is 16.6 Å². The second-order valence-corrected chi connectivity index (χ2v) is 7.56. The van der Waals surface area contributed by atoms with Crippen LogP contribution in [0.4, 0.5) is 5.82 Å². The highest BCUT2D eigenvalue weighted by atomic mass is 35.5. The summed E-state index contributed by atoms with van der Waals surface area (Å²) in [5, 5.41) is 2.06. The van der Waals surface area contributed by atoms with E-state index in [2.05, 4.69) is 48.6 Å². The van der Waals surface area contributed by atoms with E-state index in [1.54, 1.807) is 11.3 Å². The lowest BCUT2D eigenvalue weighted by Crippen LogP contribution is -2.28. The maximum Gasteiger partial charge on any atom is 0.195 e. The molecule has 5 heteroatoms. The van der Waals surface area contributed by atoms with Crippen LogP contribution in [0, 0.1) is 11.8 Å². The fraction of sp³-hybridized carbons (Fsp3) is 0.688. The van der Waals surface area contributed by atoms with E-state index in [0.29, 0.717) is 17.7 Å². The molecule has 0 aliphatic carbocycles. The molecule has 118 valence electrons. The van der Waals surface area contributed by atoms with Gasteiger partial charge in [-0.15, -0.1) is 22.9 Å². The van der Waals surface area contributed by atoms with Gasteiger partial charge in [-0.25, -0.2) is 4.98 Å². The van der Waals surface area contributed by atoms with Crippen molar-refractivity contribution in [2.45, 2.75) is 46.4 Å². The van der Waals surface area contributed by atoms with Gasteiger partial charge in [0.1, 0.15) is 0 Å². The molecule has 0 fully saturated rings. The zero-order valence-electron chi connectivity index (χ0n) is 13.5. The minimum absolute atomic E-state index is 0.507. The Labute approximate surface area is 136 Å². The van der Waals surface area contributed by atoms with Gasteiger partial charge in [-0.3, -0.25) is 4.40 Å². The third-order valence-corrected chi connectivity index (χ3v) is 4.73. The molecule has 2 aromatic heterocycles. The van der Waals surface area contributed by atoms with Crippen molar-refractivity contribution in [2.75, 3.05) is 18.0 Å². The molecule has 0 radical (unpaired) electrons. The molecule has 3 nitrogen and oxygen atoms in total. The lowest BCUT2D eigenvalue weighted by atomic mass is 10.1. The number of alkyl halides is 1. The summed E-state index contributed by atoms with van der Waals surface area (Å²) in [6, 6.07) is 0. The summed E-state index contributed by atoms with van der Waals surface area (Å²) in [6.45, 7) is 11.2. The topological polar surface area (TPSA) is 20.5 Å². The molecule has 0 saturated carbocycles. The van der Waals surface area contributed by atoms with Crippen molar-refractivity contribution in [1.82, 2.24) is 9.38 Å². The molecule has 2 heterocycles. The maximum absolute atomic E-state index is 6.20. The standard InChI is InChI=1S/C16H26ClN3S/c1-12(2)5-7-19(8-6-13(3)4)15-14(11-17)20-9-10-21-16(20)18-15/h9-10,12-13H,5-8,11H2,1-4H3. The van der Waals surface area contributed by atoms with Crippen LogP contribution >= 0.6 is 22.9 Å². The summed E-state index contributed by atoms with van der Waals surface area (Å²) in [5.74, 6) is 3.00. The van der Waals surface area contributed by atoms with Crippen LogP contribution < -0.4 is 4.90 Å². The largest absolute Gasteiger partial charge is 0.355 e. The lowest BCUT2D eigenvalue weighted by Gasteiger charge is -2.25. The molecule has 2 aromatic rings. The molecule has 0 unspecified atom stereocenters. The van der Waals surface area contributed by atoms with Crippen molar-refractivity contribution in [1.29, 1.82) is 0 Å². The van der Waals surface area contributed by atoms with Crippen LogP contribution in [0.3, 0.4) is 0 Å². The monoisotopic (exact) mass is 327 g/mol. The minimum atomic E-state index is 0.507. The van der Waals surface area contributed by atoms with E-state index in [9.17, 15) is 0 Å². The number of imidazole rings is 1. The molecule has 0 N–H and O–H groups in total. The van der Waals surface area contributed by atoms with Gasteiger partial charge < -0.3 is 4.90 Å². The molecule has 0 spiro atoms. The van der Waals surface area contributed by atoms with Gasteiger partial charge in [0.15, 0.2) is 10.8 Å². The van der Waals surface area contributed by atoms with Gasteiger partial charge in [0, 0.05) is 24.7 Å². The van der Waals surface area contributed by atoms with E-state index in [0.717, 1.165) is 29.6 Å². The molecule has 0 amide bonds. The number of hydrogen-bond donors (Lipinski definition) is 0. The molecule has 21 heavy (non-hydrogen) atoms. The van der Waals surface area contributed by atoms with Crippen molar-refractivity contribution in [3.05, 3.63) is 17.3 Å². The Hall–Kier alpha value is -0.740. The summed E-state index contributed by atoms with van der Waals surface area (Å²) in [5.41, 5.74) is 1.13. The highest BCUT2D eigenvalue weighted by Gasteiger charge is 2.18. The molecule has 0 aromatic carbocycles. The van der Waals surface area contributed by atoms with Gasteiger partial charge in [-0.2, -0.15) is 0 Å². The number of thiazole rings is 1. The van der Waals surface area contributed by atoms with Gasteiger partial charge in [0.05, 0.1) is 11.6 Å². The smallest absolute Gasteiger partial charge is 0.195 e. The predicted octanol–water partition coefficient (Wildman–Crippen LogP) is 5.03. The fourth-order valence-electron chi connectivity index (χ4n) is 2.35. The maximum atomic E-state index is 6.20. The third kappa shape index (κ3) is 4.13. The van der Waals surface area contributed by atoms with Gasteiger partial charge in [-0.05, 0) is 24.7 Å². The molecule has 0 aliphatic heterocycles. The Morgan fingerprint density at radius 1 is 1.19 bits per heavy atom. The van der Waals surface area contributed by atoms with Crippen LogP contribution in [0.2, 0.25) is 0 Å². The van der Waals surface area contributed by atoms with Crippen LogP contribution in [0.15, 0.2) is 11.6 Å². The van der Waals surface area contributed by atoms with Crippen molar-refractivity contribution < 1.29 is 0 Å². The molecule has 2 rings (SSSR count). The molecule has 0 bridgehead atoms. The Morgan fingerprint density at radius 3 is 2.33 bits per heavy atom. The quantitative estimate of drug-likeness (QED) is 0.634. The summed E-state index contributed by atoms with van der Waals surface area (Å²) >= 11 is 7.87. The second kappa shape index (κ2) is 7.50. The summed E-state index contributed by atoms with van der Waals surface area (Å²) in [6.07, 6.45) is 4.44. The highest BCUT2D eigenvalue weighted by molar-refractivity contribution is 7.15. The average Bonchev–Trinajstić information content (AvgIpc) is 2.98. The van der Waals surface area contributed by atoms with Crippen molar-refractivity contribution >= 4 is 33.7 Å². The fourth-order valence-corrected chi connectivity index (χ4v) is 3.33. The molecule has 0 saturated heterocycles. The zero-order valence-corrected chi connectivity index (χ0v) is 15.0. The van der Waals surface area contributed by atoms with Crippen LogP contribution in [0.1, 0.15) is 46.2 Å². The Bertz CT molecular complexity index is 547. The number of fused-ring (bicyclic) bond motifs is 1. The molecular formula is C16H26ClN3S. The lowest BCUT2D eigenvalue weighted by molar-refractivity contribution is 0.533. The first kappa shape index (κ1) is 16.6. The first-order valence-corrected chi connectivity index (χ1v) is 9.19. The predicted molar refractivity (Wildman–Crippen MR) is 93.7 cm³/mol. The SMILES string of the molecule is CC(C)CCN(CCC(C)C)c1nc2sccn2c1CCl. The van der Waals surface area contributed by atoms with Crippen LogP contribution in [-0.4, -0.2) is 22.5 Å². The van der Waals surface area contributed by atoms with Crippen LogP contribution in [0.5, 0.6) is 0 Å². The number of nitrogens with zero attached hydrogens (tertiary/aromatic N) is 3. The normalized spacial score (nSPS) is 12.0. The van der Waals surface area contributed by atoms with Crippen LogP contribution in [-0.2, 0) is 5.88 Å². The Morgan fingerprint density at radius 2 is 1.81 bits per heavy atom. The first-order valence-electron chi connectivity index (χ1n) is 7.78. The number of rotatable bonds is 8. The van der Waals surface area contributed by atoms with E-state index in [1.165, 1.54) is 12.8 Å². The highest BCUT2D eigenvalue weighted by Crippen LogP contribution is 2.27. The summed E-state index contributed by atoms with van der Waals surface area (Å²) in [4.78, 5) is 8.29. The third-order valence-electron chi connectivity index (χ3n) is 3.72. The number of hydrogen-bond acceptors (Lipinski definition) is 3. The van der Waals surface area contributed by atoms with Gasteiger partial charge in [0.25, 0.3) is 0 Å². The molecule has 0 atom stereocenters. The van der Waals surface area contributed by atoms with E-state index in [-0.39, 0.29) is 0 Å². The van der Waals surface area contributed by atoms with E-state index in [1.807, 2.05) is 0 Å². The second-order valence-electron chi connectivity index (χ2n) is 6.42. The summed E-state index contributed by atoms with van der Waals surface area (Å²) < 4.78 is 2.13. The average molecular weight is 328 g/mol. The number of aromatic nitrogens is 2. The molecule has 0 aliphatic rings. The van der Waals surface area contributed by atoms with Crippen molar-refractivity contribution in [3.63, 3.8) is 0 Å². The van der Waals surface area contributed by atoms with E-state index < -0.39 is 0 Å².